The molecule has 0 aromatic heterocycles. The first-order valence-corrected chi connectivity index (χ1v) is 9.73. The number of nitrogens with one attached hydrogen (secondary N) is 3. The third kappa shape index (κ3) is 4.55. The quantitative estimate of drug-likeness (QED) is 0.623. The second-order valence-corrected chi connectivity index (χ2v) is 8.81. The first kappa shape index (κ1) is 20.7. The normalized spacial score (nSPS) is 27.6. The van der Waals surface area contributed by atoms with Gasteiger partial charge in [0.05, 0.1) is 0 Å². The topological polar surface area (TPSA) is 90.5 Å². The number of nitrogens with zero attached hydrogens (tertiary/aromatic N) is 1. The Morgan fingerprint density at radius 1 is 1.31 bits per heavy atom. The van der Waals surface area contributed by atoms with E-state index in [2.05, 4.69) is 36.7 Å². The maximum absolute atomic E-state index is 12.9. The van der Waals surface area contributed by atoms with Crippen LogP contribution in [0.4, 0.5) is 4.79 Å². The second kappa shape index (κ2) is 7.94. The number of hydrogen-bond donors (Lipinski definition) is 3. The van der Waals surface area contributed by atoms with Gasteiger partial charge in [0.2, 0.25) is 5.91 Å². The van der Waals surface area contributed by atoms with Gasteiger partial charge in [-0.2, -0.15) is 0 Å². The minimum Gasteiger partial charge on any atom is -0.353 e. The molecule has 0 bridgehead atoms. The second-order valence-electron chi connectivity index (χ2n) is 8.81. The monoisotopic (exact) mass is 366 g/mol. The molecule has 1 aliphatic heterocycles. The van der Waals surface area contributed by atoms with Crippen LogP contribution in [-0.2, 0) is 9.59 Å². The lowest BCUT2D eigenvalue weighted by atomic mass is 9.67. The molecular weight excluding hydrogens is 332 g/mol. The molecule has 1 saturated heterocycles. The molecule has 26 heavy (non-hydrogen) atoms. The zero-order chi connectivity index (χ0) is 19.5. The average molecular weight is 367 g/mol. The van der Waals surface area contributed by atoms with Crippen molar-refractivity contribution in [1.82, 2.24) is 20.9 Å². The van der Waals surface area contributed by atoms with Crippen molar-refractivity contribution in [1.29, 1.82) is 0 Å². The molecule has 3 N–H and O–H groups in total. The van der Waals surface area contributed by atoms with E-state index in [9.17, 15) is 14.4 Å². The van der Waals surface area contributed by atoms with E-state index in [4.69, 9.17) is 0 Å². The van der Waals surface area contributed by atoms with Gasteiger partial charge in [-0.3, -0.25) is 14.5 Å². The molecule has 0 unspecified atom stereocenters. The molecule has 2 aliphatic rings. The van der Waals surface area contributed by atoms with Crippen molar-refractivity contribution in [2.45, 2.75) is 71.9 Å². The van der Waals surface area contributed by atoms with Crippen LogP contribution in [0.2, 0.25) is 0 Å². The highest BCUT2D eigenvalue weighted by molar-refractivity contribution is 6.09. The summed E-state index contributed by atoms with van der Waals surface area (Å²) in [4.78, 5) is 38.4. The van der Waals surface area contributed by atoms with E-state index in [0.29, 0.717) is 25.3 Å². The Balaban J connectivity index is 1.92. The third-order valence-electron chi connectivity index (χ3n) is 5.77. The Hall–Kier alpha value is -1.63. The van der Waals surface area contributed by atoms with E-state index < -0.39 is 11.6 Å². The zero-order valence-electron chi connectivity index (χ0n) is 16.8. The molecule has 1 atom stereocenters. The van der Waals surface area contributed by atoms with Gasteiger partial charge in [-0.15, -0.1) is 0 Å². The number of rotatable bonds is 6. The highest BCUT2D eigenvalue weighted by Gasteiger charge is 2.53. The van der Waals surface area contributed by atoms with Crippen LogP contribution in [0.3, 0.4) is 0 Å². The summed E-state index contributed by atoms with van der Waals surface area (Å²) in [5, 5.41) is 8.86. The van der Waals surface area contributed by atoms with Gasteiger partial charge in [0.15, 0.2) is 0 Å². The molecule has 1 aliphatic carbocycles. The van der Waals surface area contributed by atoms with Gasteiger partial charge in [0, 0.05) is 12.6 Å². The standard InChI is InChI=1S/C19H34N4O3/c1-6-20-13(2)11-21-15(24)12-23-16(25)19(22-17(23)26)9-7-14(8-10-19)18(3,4)5/h13-14,20H,6-12H2,1-5H3,(H,21,24)(H,22,26)/t13-,14?,19?/m1/s1. The Bertz CT molecular complexity index is 547. The Labute approximate surface area is 156 Å². The predicted octanol–water partition coefficient (Wildman–Crippen LogP) is 1.63. The van der Waals surface area contributed by atoms with Crippen LogP contribution in [0.1, 0.15) is 60.3 Å². The lowest BCUT2D eigenvalue weighted by molar-refractivity contribution is -0.136. The average Bonchev–Trinajstić information content (AvgIpc) is 2.77. The Morgan fingerprint density at radius 2 is 1.92 bits per heavy atom. The molecule has 7 nitrogen and oxygen atoms in total. The fourth-order valence-corrected chi connectivity index (χ4v) is 4.02. The Morgan fingerprint density at radius 3 is 2.46 bits per heavy atom. The summed E-state index contributed by atoms with van der Waals surface area (Å²) in [6.07, 6.45) is 3.12. The van der Waals surface area contributed by atoms with E-state index >= 15 is 0 Å². The maximum Gasteiger partial charge on any atom is 0.325 e. The van der Waals surface area contributed by atoms with Gasteiger partial charge >= 0.3 is 6.03 Å². The molecule has 2 fully saturated rings. The van der Waals surface area contributed by atoms with Crippen LogP contribution in [0.15, 0.2) is 0 Å². The van der Waals surface area contributed by atoms with Crippen molar-refractivity contribution in [3.8, 4) is 0 Å². The number of hydrogen-bond acceptors (Lipinski definition) is 4. The largest absolute Gasteiger partial charge is 0.353 e. The molecule has 0 aromatic rings. The van der Waals surface area contributed by atoms with Gasteiger partial charge < -0.3 is 16.0 Å². The van der Waals surface area contributed by atoms with Crippen molar-refractivity contribution in [3.05, 3.63) is 0 Å². The smallest absolute Gasteiger partial charge is 0.325 e. The molecule has 1 heterocycles. The van der Waals surface area contributed by atoms with Crippen LogP contribution in [0, 0.1) is 11.3 Å². The van der Waals surface area contributed by atoms with Gasteiger partial charge in [0.1, 0.15) is 12.1 Å². The Kier molecular flexibility index (Phi) is 6.32. The first-order valence-electron chi connectivity index (χ1n) is 9.73. The molecule has 2 rings (SSSR count). The van der Waals surface area contributed by atoms with Crippen LogP contribution in [0.25, 0.3) is 0 Å². The minimum absolute atomic E-state index is 0.145. The lowest BCUT2D eigenvalue weighted by Crippen LogP contribution is -2.51. The highest BCUT2D eigenvalue weighted by Crippen LogP contribution is 2.43. The van der Waals surface area contributed by atoms with E-state index in [-0.39, 0.29) is 29.8 Å². The van der Waals surface area contributed by atoms with Crippen LogP contribution in [-0.4, -0.2) is 54.0 Å². The number of amides is 4. The SMILES string of the molecule is CCN[C@H](C)CNC(=O)CN1C(=O)NC2(CCC(C(C)(C)C)CC2)C1=O. The summed E-state index contributed by atoms with van der Waals surface area (Å²) in [5.41, 5.74) is -0.605. The highest BCUT2D eigenvalue weighted by atomic mass is 16.2. The van der Waals surface area contributed by atoms with Crippen LogP contribution < -0.4 is 16.0 Å². The summed E-state index contributed by atoms with van der Waals surface area (Å²) in [6.45, 7) is 11.7. The van der Waals surface area contributed by atoms with Crippen molar-refractivity contribution in [2.75, 3.05) is 19.6 Å². The maximum atomic E-state index is 12.9. The summed E-state index contributed by atoms with van der Waals surface area (Å²) in [7, 11) is 0. The summed E-state index contributed by atoms with van der Waals surface area (Å²) in [5.74, 6) is -0.00819. The molecule has 148 valence electrons. The van der Waals surface area contributed by atoms with Gasteiger partial charge in [0.25, 0.3) is 5.91 Å². The molecule has 4 amide bonds. The van der Waals surface area contributed by atoms with E-state index in [1.165, 1.54) is 0 Å². The van der Waals surface area contributed by atoms with Crippen molar-refractivity contribution in [2.24, 2.45) is 11.3 Å². The number of carbonyl (C=O) groups is 3. The summed E-state index contributed by atoms with van der Waals surface area (Å²) in [6, 6.07) is -0.301. The molecule has 1 spiro atoms. The number of imide groups is 1. The molecule has 0 radical (unpaired) electrons. The predicted molar refractivity (Wildman–Crippen MR) is 101 cm³/mol. The van der Waals surface area contributed by atoms with Crippen molar-refractivity contribution in [3.63, 3.8) is 0 Å². The van der Waals surface area contributed by atoms with E-state index in [1.807, 2.05) is 13.8 Å². The minimum atomic E-state index is -0.809. The molecule has 0 aromatic carbocycles. The van der Waals surface area contributed by atoms with E-state index in [0.717, 1.165) is 24.3 Å². The fourth-order valence-electron chi connectivity index (χ4n) is 4.02. The summed E-state index contributed by atoms with van der Waals surface area (Å²) < 4.78 is 0. The number of carbonyl (C=O) groups excluding carboxylic acids is 3. The zero-order valence-corrected chi connectivity index (χ0v) is 16.8. The number of urea groups is 1. The summed E-state index contributed by atoms with van der Waals surface area (Å²) >= 11 is 0. The van der Waals surface area contributed by atoms with Crippen LogP contribution in [0.5, 0.6) is 0 Å². The molecule has 1 saturated carbocycles. The molecule has 7 heteroatoms. The van der Waals surface area contributed by atoms with Gasteiger partial charge in [-0.05, 0) is 50.5 Å². The lowest BCUT2D eigenvalue weighted by Gasteiger charge is -2.40. The van der Waals surface area contributed by atoms with Gasteiger partial charge in [-0.25, -0.2) is 4.79 Å². The van der Waals surface area contributed by atoms with Gasteiger partial charge in [-0.1, -0.05) is 27.7 Å². The molecular formula is C19H34N4O3. The van der Waals surface area contributed by atoms with E-state index in [1.54, 1.807) is 0 Å². The third-order valence-corrected chi connectivity index (χ3v) is 5.77. The van der Waals surface area contributed by atoms with Crippen LogP contribution >= 0.6 is 0 Å². The van der Waals surface area contributed by atoms with Crippen molar-refractivity contribution >= 4 is 17.8 Å². The fraction of sp³-hybridized carbons (Fsp3) is 0.842. The number of likely N-dealkylation sites (N-methyl/N-ethyl adjacent to an activating group) is 1. The first-order chi connectivity index (χ1) is 12.1. The van der Waals surface area contributed by atoms with Crippen molar-refractivity contribution < 1.29 is 14.4 Å².